The van der Waals surface area contributed by atoms with Crippen LogP contribution in [0.25, 0.3) is 11.2 Å². The zero-order valence-electron chi connectivity index (χ0n) is 14.8. The van der Waals surface area contributed by atoms with Crippen LogP contribution in [0.3, 0.4) is 0 Å². The number of hydrogen-bond donors (Lipinski definition) is 0. The van der Waals surface area contributed by atoms with E-state index in [1.54, 1.807) is 16.7 Å². The third-order valence-corrected chi connectivity index (χ3v) is 5.29. The predicted molar refractivity (Wildman–Crippen MR) is 103 cm³/mol. The number of benzene rings is 2. The zero-order chi connectivity index (χ0) is 20.4. The maximum atomic E-state index is 13.9. The van der Waals surface area contributed by atoms with Crippen LogP contribution in [0, 0.1) is 21.7 Å². The second-order valence-electron chi connectivity index (χ2n) is 6.17. The van der Waals surface area contributed by atoms with Gasteiger partial charge in [-0.15, -0.1) is 0 Å². The van der Waals surface area contributed by atoms with Crippen molar-refractivity contribution < 1.29 is 13.7 Å². The summed E-state index contributed by atoms with van der Waals surface area (Å²) in [7, 11) is 0. The number of hydrogen-bond acceptors (Lipinski definition) is 6. The summed E-state index contributed by atoms with van der Waals surface area (Å²) in [5.74, 6) is -0.481. The molecule has 2 aromatic heterocycles. The SMILES string of the molecule is O=[N+]([O-])c1ccc(CSc2ncnc3c2ncn3Cc2cc(F)ccc2F)cc1. The maximum Gasteiger partial charge on any atom is 0.269 e. The number of aromatic nitrogens is 4. The minimum atomic E-state index is -0.514. The third-order valence-electron chi connectivity index (χ3n) is 4.24. The van der Waals surface area contributed by atoms with Gasteiger partial charge in [0.1, 0.15) is 28.5 Å². The Labute approximate surface area is 167 Å². The molecule has 4 aromatic rings. The van der Waals surface area contributed by atoms with Gasteiger partial charge in [0, 0.05) is 23.4 Å². The molecule has 0 unspecified atom stereocenters. The summed E-state index contributed by atoms with van der Waals surface area (Å²) >= 11 is 1.41. The first-order chi connectivity index (χ1) is 14.0. The smallest absolute Gasteiger partial charge is 0.269 e. The van der Waals surface area contributed by atoms with E-state index in [0.29, 0.717) is 21.9 Å². The molecule has 0 N–H and O–H groups in total. The van der Waals surface area contributed by atoms with Gasteiger partial charge >= 0.3 is 0 Å². The minimum Gasteiger partial charge on any atom is -0.311 e. The Hall–Kier alpha value is -3.40. The highest BCUT2D eigenvalue weighted by atomic mass is 32.2. The van der Waals surface area contributed by atoms with Crippen LogP contribution in [-0.4, -0.2) is 24.4 Å². The van der Waals surface area contributed by atoms with Crippen LogP contribution in [0.1, 0.15) is 11.1 Å². The van der Waals surface area contributed by atoms with E-state index in [4.69, 9.17) is 0 Å². The summed E-state index contributed by atoms with van der Waals surface area (Å²) in [6.45, 7) is 0.0869. The van der Waals surface area contributed by atoms with E-state index in [2.05, 4.69) is 15.0 Å². The van der Waals surface area contributed by atoms with Crippen LogP contribution < -0.4 is 0 Å². The monoisotopic (exact) mass is 413 g/mol. The van der Waals surface area contributed by atoms with Crippen LogP contribution in [0.15, 0.2) is 60.1 Å². The molecule has 29 heavy (non-hydrogen) atoms. The van der Waals surface area contributed by atoms with Gasteiger partial charge in [0.05, 0.1) is 17.8 Å². The predicted octanol–water partition coefficient (Wildman–Crippen LogP) is 4.35. The van der Waals surface area contributed by atoms with Crippen molar-refractivity contribution in [1.82, 2.24) is 19.5 Å². The maximum absolute atomic E-state index is 13.9. The molecule has 2 heterocycles. The lowest BCUT2D eigenvalue weighted by Gasteiger charge is -2.06. The lowest BCUT2D eigenvalue weighted by Crippen LogP contribution is -2.02. The average molecular weight is 413 g/mol. The zero-order valence-corrected chi connectivity index (χ0v) is 15.6. The minimum absolute atomic E-state index is 0.0338. The molecule has 0 spiro atoms. The number of nitro benzene ring substituents is 1. The average Bonchev–Trinajstić information content (AvgIpc) is 3.13. The summed E-state index contributed by atoms with van der Waals surface area (Å²) in [5, 5.41) is 11.4. The molecule has 0 saturated carbocycles. The van der Waals surface area contributed by atoms with Gasteiger partial charge < -0.3 is 4.57 Å². The molecule has 4 rings (SSSR count). The number of rotatable bonds is 6. The van der Waals surface area contributed by atoms with E-state index in [0.717, 1.165) is 23.8 Å². The van der Waals surface area contributed by atoms with E-state index < -0.39 is 16.6 Å². The van der Waals surface area contributed by atoms with Gasteiger partial charge in [-0.1, -0.05) is 23.9 Å². The van der Waals surface area contributed by atoms with Crippen LogP contribution in [0.2, 0.25) is 0 Å². The van der Waals surface area contributed by atoms with Gasteiger partial charge in [0.2, 0.25) is 0 Å². The molecule has 146 valence electrons. The van der Waals surface area contributed by atoms with Crippen LogP contribution in [0.5, 0.6) is 0 Å². The fourth-order valence-corrected chi connectivity index (χ4v) is 3.69. The Morgan fingerprint density at radius 3 is 2.62 bits per heavy atom. The molecular weight excluding hydrogens is 400 g/mol. The highest BCUT2D eigenvalue weighted by molar-refractivity contribution is 7.98. The van der Waals surface area contributed by atoms with Crippen molar-refractivity contribution in [3.8, 4) is 0 Å². The Morgan fingerprint density at radius 1 is 1.07 bits per heavy atom. The van der Waals surface area contributed by atoms with Crippen molar-refractivity contribution in [2.75, 3.05) is 0 Å². The summed E-state index contributed by atoms with van der Waals surface area (Å²) < 4.78 is 29.0. The standard InChI is InChI=1S/C19H13F2N5O2S/c20-14-3-6-16(21)13(7-14)8-25-11-24-17-18(25)22-10-23-19(17)29-9-12-1-4-15(5-2-12)26(27)28/h1-7,10-11H,8-9H2. The van der Waals surface area contributed by atoms with Gasteiger partial charge in [0.15, 0.2) is 5.65 Å². The van der Waals surface area contributed by atoms with E-state index in [9.17, 15) is 18.9 Å². The first-order valence-corrected chi connectivity index (χ1v) is 9.46. The summed E-state index contributed by atoms with van der Waals surface area (Å²) in [4.78, 5) is 23.1. The highest BCUT2D eigenvalue weighted by Gasteiger charge is 2.13. The van der Waals surface area contributed by atoms with Crippen LogP contribution >= 0.6 is 11.8 Å². The molecule has 0 atom stereocenters. The molecule has 0 saturated heterocycles. The molecule has 0 aliphatic heterocycles. The highest BCUT2D eigenvalue weighted by Crippen LogP contribution is 2.27. The molecule has 7 nitrogen and oxygen atoms in total. The van der Waals surface area contributed by atoms with Gasteiger partial charge in [0.25, 0.3) is 5.69 Å². The molecule has 10 heteroatoms. The van der Waals surface area contributed by atoms with E-state index in [1.165, 1.54) is 36.5 Å². The largest absolute Gasteiger partial charge is 0.311 e. The van der Waals surface area contributed by atoms with Crippen molar-refractivity contribution in [3.05, 3.63) is 88.0 Å². The number of fused-ring (bicyclic) bond motifs is 1. The molecule has 0 aliphatic carbocycles. The van der Waals surface area contributed by atoms with E-state index in [1.807, 2.05) is 0 Å². The van der Waals surface area contributed by atoms with Crippen molar-refractivity contribution in [3.63, 3.8) is 0 Å². The molecule has 0 fully saturated rings. The van der Waals surface area contributed by atoms with Gasteiger partial charge in [-0.05, 0) is 23.8 Å². The summed E-state index contributed by atoms with van der Waals surface area (Å²) in [6.07, 6.45) is 2.90. The fourth-order valence-electron chi connectivity index (χ4n) is 2.79. The lowest BCUT2D eigenvalue weighted by atomic mass is 10.2. The third kappa shape index (κ3) is 4.06. The van der Waals surface area contributed by atoms with Crippen LogP contribution in [0.4, 0.5) is 14.5 Å². The molecule has 0 bridgehead atoms. The van der Waals surface area contributed by atoms with E-state index >= 15 is 0 Å². The van der Waals surface area contributed by atoms with Gasteiger partial charge in [-0.3, -0.25) is 10.1 Å². The molecule has 2 aromatic carbocycles. The molecule has 0 amide bonds. The number of halogens is 2. The number of nitro groups is 1. The van der Waals surface area contributed by atoms with Crippen LogP contribution in [-0.2, 0) is 12.3 Å². The number of thioether (sulfide) groups is 1. The Bertz CT molecular complexity index is 1200. The van der Waals surface area contributed by atoms with E-state index in [-0.39, 0.29) is 17.8 Å². The second kappa shape index (κ2) is 7.92. The summed E-state index contributed by atoms with van der Waals surface area (Å²) in [5.41, 5.74) is 2.19. The van der Waals surface area contributed by atoms with Crippen molar-refractivity contribution in [2.24, 2.45) is 0 Å². The second-order valence-corrected chi connectivity index (χ2v) is 7.14. The first kappa shape index (κ1) is 18.9. The molecule has 0 aliphatic rings. The topological polar surface area (TPSA) is 86.7 Å². The summed E-state index contributed by atoms with van der Waals surface area (Å²) in [6, 6.07) is 9.59. The van der Waals surface area contributed by atoms with Gasteiger partial charge in [-0.25, -0.2) is 23.7 Å². The first-order valence-electron chi connectivity index (χ1n) is 8.47. The van der Waals surface area contributed by atoms with Gasteiger partial charge in [-0.2, -0.15) is 0 Å². The quantitative estimate of drug-likeness (QED) is 0.202. The fraction of sp³-hybridized carbons (Fsp3) is 0.105. The Balaban J connectivity index is 1.55. The van der Waals surface area contributed by atoms with Crippen molar-refractivity contribution >= 4 is 28.6 Å². The number of non-ortho nitro benzene ring substituents is 1. The lowest BCUT2D eigenvalue weighted by molar-refractivity contribution is -0.384. The molecule has 0 radical (unpaired) electrons. The van der Waals surface area contributed by atoms with Crippen molar-refractivity contribution in [1.29, 1.82) is 0 Å². The number of imidazole rings is 1. The Morgan fingerprint density at radius 2 is 1.86 bits per heavy atom. The normalized spacial score (nSPS) is 11.1. The molecular formula is C19H13F2N5O2S. The Kier molecular flexibility index (Phi) is 5.17. The number of nitrogens with zero attached hydrogens (tertiary/aromatic N) is 5. The van der Waals surface area contributed by atoms with Crippen molar-refractivity contribution in [2.45, 2.75) is 17.3 Å².